The Morgan fingerprint density at radius 3 is 2.74 bits per heavy atom. The highest BCUT2D eigenvalue weighted by Gasteiger charge is 2.25. The molecule has 0 atom stereocenters. The minimum absolute atomic E-state index is 0.178. The summed E-state index contributed by atoms with van der Waals surface area (Å²) >= 11 is 0. The Morgan fingerprint density at radius 1 is 1.21 bits per heavy atom. The van der Waals surface area contributed by atoms with E-state index in [1.807, 2.05) is 6.07 Å². The summed E-state index contributed by atoms with van der Waals surface area (Å²) in [7, 11) is 0. The standard InChI is InChI=1S/C26H34N4O4/c31-23-21-16-20(19-6-1-2-7-19)17-28-24(21)30(11-10-29-12-14-34-15-13-29)26(33)22(23)25(32)27-9-8-18-4-3-5-18/h6,16-18,31H,1-5,7-15H2,(H,27,32). The van der Waals surface area contributed by atoms with Gasteiger partial charge in [-0.05, 0) is 48.8 Å². The summed E-state index contributed by atoms with van der Waals surface area (Å²) in [5, 5.41) is 14.4. The first-order chi connectivity index (χ1) is 16.6. The van der Waals surface area contributed by atoms with E-state index in [1.54, 1.807) is 10.8 Å². The highest BCUT2D eigenvalue weighted by atomic mass is 16.5. The molecule has 1 saturated heterocycles. The van der Waals surface area contributed by atoms with E-state index in [9.17, 15) is 14.7 Å². The molecule has 34 heavy (non-hydrogen) atoms. The third-order valence-corrected chi connectivity index (χ3v) is 7.52. The zero-order chi connectivity index (χ0) is 23.5. The van der Waals surface area contributed by atoms with Crippen LogP contribution in [0.4, 0.5) is 0 Å². The van der Waals surface area contributed by atoms with Gasteiger partial charge in [-0.15, -0.1) is 0 Å². The first kappa shape index (κ1) is 23.1. The number of carbonyl (C=O) groups excluding carboxylic acids is 1. The van der Waals surface area contributed by atoms with Gasteiger partial charge in [0.2, 0.25) is 0 Å². The van der Waals surface area contributed by atoms with Crippen molar-refractivity contribution in [3.05, 3.63) is 39.8 Å². The lowest BCUT2D eigenvalue weighted by Crippen LogP contribution is -2.40. The normalized spacial score (nSPS) is 19.2. The third-order valence-electron chi connectivity index (χ3n) is 7.52. The Bertz CT molecular complexity index is 1150. The molecular formula is C26H34N4O4. The van der Waals surface area contributed by atoms with Crippen LogP contribution in [0.1, 0.15) is 60.9 Å². The summed E-state index contributed by atoms with van der Waals surface area (Å²) in [6.07, 6.45) is 11.7. The smallest absolute Gasteiger partial charge is 0.268 e. The predicted octanol–water partition coefficient (Wildman–Crippen LogP) is 2.92. The SMILES string of the molecule is O=C(NCCC1CCC1)c1c(O)c2cc(C3=CCCC3)cnc2n(CCN2CCOCC2)c1=O. The summed E-state index contributed by atoms with van der Waals surface area (Å²) in [4.78, 5) is 33.4. The van der Waals surface area contributed by atoms with E-state index in [-0.39, 0.29) is 11.3 Å². The summed E-state index contributed by atoms with van der Waals surface area (Å²) < 4.78 is 6.98. The molecule has 5 rings (SSSR count). The molecule has 0 bridgehead atoms. The van der Waals surface area contributed by atoms with Crippen LogP contribution in [-0.4, -0.2) is 64.9 Å². The lowest BCUT2D eigenvalue weighted by atomic mass is 9.83. The van der Waals surface area contributed by atoms with Crippen LogP contribution < -0.4 is 10.9 Å². The van der Waals surface area contributed by atoms with E-state index in [0.717, 1.165) is 44.3 Å². The van der Waals surface area contributed by atoms with E-state index in [1.165, 1.54) is 24.8 Å². The average molecular weight is 467 g/mol. The van der Waals surface area contributed by atoms with Crippen LogP contribution in [0, 0.1) is 5.92 Å². The van der Waals surface area contributed by atoms with Crippen LogP contribution in [0.2, 0.25) is 0 Å². The molecule has 2 aromatic heterocycles. The number of carbonyl (C=O) groups is 1. The second-order valence-electron chi connectivity index (χ2n) is 9.69. The van der Waals surface area contributed by atoms with Crippen molar-refractivity contribution in [3.63, 3.8) is 0 Å². The molecule has 0 radical (unpaired) electrons. The first-order valence-corrected chi connectivity index (χ1v) is 12.6. The Balaban J connectivity index is 1.48. The van der Waals surface area contributed by atoms with Crippen molar-refractivity contribution < 1.29 is 14.6 Å². The maximum absolute atomic E-state index is 13.5. The summed E-state index contributed by atoms with van der Waals surface area (Å²) in [5.74, 6) is -0.117. The molecule has 2 aliphatic carbocycles. The Labute approximate surface area is 199 Å². The number of allylic oxidation sites excluding steroid dienone is 2. The second kappa shape index (κ2) is 10.3. The molecule has 2 aromatic rings. The minimum atomic E-state index is -0.505. The average Bonchev–Trinajstić information content (AvgIpc) is 3.36. The van der Waals surface area contributed by atoms with Crippen LogP contribution in [0.5, 0.6) is 5.75 Å². The molecule has 182 valence electrons. The Hall–Kier alpha value is -2.71. The summed E-state index contributed by atoms with van der Waals surface area (Å²) in [5.41, 5.74) is 1.90. The molecule has 1 amide bonds. The van der Waals surface area contributed by atoms with Gasteiger partial charge in [-0.3, -0.25) is 19.1 Å². The van der Waals surface area contributed by atoms with Gasteiger partial charge in [-0.25, -0.2) is 4.98 Å². The van der Waals surface area contributed by atoms with Gasteiger partial charge in [0.25, 0.3) is 11.5 Å². The predicted molar refractivity (Wildman–Crippen MR) is 131 cm³/mol. The highest BCUT2D eigenvalue weighted by Crippen LogP contribution is 2.32. The lowest BCUT2D eigenvalue weighted by Gasteiger charge is -2.27. The molecule has 0 aromatic carbocycles. The van der Waals surface area contributed by atoms with Gasteiger partial charge in [0.15, 0.2) is 0 Å². The van der Waals surface area contributed by atoms with Gasteiger partial charge >= 0.3 is 0 Å². The van der Waals surface area contributed by atoms with Crippen molar-refractivity contribution in [2.24, 2.45) is 5.92 Å². The maximum atomic E-state index is 13.5. The van der Waals surface area contributed by atoms with Crippen molar-refractivity contribution in [1.82, 2.24) is 19.8 Å². The topological polar surface area (TPSA) is 96.7 Å². The lowest BCUT2D eigenvalue weighted by molar-refractivity contribution is 0.0364. The quantitative estimate of drug-likeness (QED) is 0.621. The molecule has 1 saturated carbocycles. The zero-order valence-electron chi connectivity index (χ0n) is 19.7. The second-order valence-corrected chi connectivity index (χ2v) is 9.69. The number of amides is 1. The number of nitrogens with zero attached hydrogens (tertiary/aromatic N) is 3. The number of pyridine rings is 2. The molecule has 2 N–H and O–H groups in total. The fourth-order valence-electron chi connectivity index (χ4n) is 5.16. The monoisotopic (exact) mass is 466 g/mol. The number of hydrogen-bond acceptors (Lipinski definition) is 6. The maximum Gasteiger partial charge on any atom is 0.268 e. The third kappa shape index (κ3) is 4.74. The van der Waals surface area contributed by atoms with E-state index >= 15 is 0 Å². The number of nitrogens with one attached hydrogen (secondary N) is 1. The van der Waals surface area contributed by atoms with Gasteiger partial charge in [0, 0.05) is 38.9 Å². The van der Waals surface area contributed by atoms with Crippen molar-refractivity contribution in [3.8, 4) is 5.75 Å². The summed E-state index contributed by atoms with van der Waals surface area (Å²) in [6.45, 7) is 4.54. The molecular weight excluding hydrogens is 432 g/mol. The highest BCUT2D eigenvalue weighted by molar-refractivity contribution is 6.02. The van der Waals surface area contributed by atoms with Crippen molar-refractivity contribution in [2.45, 2.75) is 51.5 Å². The van der Waals surface area contributed by atoms with Crippen LogP contribution in [0.15, 0.2) is 23.1 Å². The van der Waals surface area contributed by atoms with E-state index in [0.29, 0.717) is 49.8 Å². The molecule has 8 nitrogen and oxygen atoms in total. The molecule has 8 heteroatoms. The number of rotatable bonds is 8. The molecule has 1 aliphatic heterocycles. The van der Waals surface area contributed by atoms with Crippen molar-refractivity contribution >= 4 is 22.5 Å². The van der Waals surface area contributed by atoms with Gasteiger partial charge in [0.1, 0.15) is 17.0 Å². The number of aromatic nitrogens is 2. The van der Waals surface area contributed by atoms with Gasteiger partial charge in [0.05, 0.1) is 18.6 Å². The fraction of sp³-hybridized carbons (Fsp3) is 0.577. The summed E-state index contributed by atoms with van der Waals surface area (Å²) in [6, 6.07) is 1.88. The number of hydrogen-bond donors (Lipinski definition) is 2. The van der Waals surface area contributed by atoms with Crippen molar-refractivity contribution in [2.75, 3.05) is 39.4 Å². The van der Waals surface area contributed by atoms with E-state index in [4.69, 9.17) is 4.74 Å². The minimum Gasteiger partial charge on any atom is -0.506 e. The molecule has 0 unspecified atom stereocenters. The number of ether oxygens (including phenoxy) is 1. The van der Waals surface area contributed by atoms with E-state index < -0.39 is 11.5 Å². The van der Waals surface area contributed by atoms with Crippen LogP contribution in [-0.2, 0) is 11.3 Å². The Kier molecular flexibility index (Phi) is 6.97. The van der Waals surface area contributed by atoms with Crippen LogP contribution in [0.25, 0.3) is 16.6 Å². The first-order valence-electron chi connectivity index (χ1n) is 12.6. The van der Waals surface area contributed by atoms with E-state index in [2.05, 4.69) is 21.3 Å². The fourth-order valence-corrected chi connectivity index (χ4v) is 5.16. The van der Waals surface area contributed by atoms with Gasteiger partial charge in [-0.2, -0.15) is 0 Å². The molecule has 2 fully saturated rings. The number of morpholine rings is 1. The van der Waals surface area contributed by atoms with Crippen LogP contribution in [0.3, 0.4) is 0 Å². The zero-order valence-corrected chi connectivity index (χ0v) is 19.7. The van der Waals surface area contributed by atoms with Gasteiger partial charge in [-0.1, -0.05) is 25.3 Å². The Morgan fingerprint density at radius 2 is 2.03 bits per heavy atom. The number of aromatic hydroxyl groups is 1. The largest absolute Gasteiger partial charge is 0.506 e. The molecule has 0 spiro atoms. The van der Waals surface area contributed by atoms with Gasteiger partial charge < -0.3 is 15.2 Å². The van der Waals surface area contributed by atoms with Crippen molar-refractivity contribution in [1.29, 1.82) is 0 Å². The molecule has 3 aliphatic rings. The number of fused-ring (bicyclic) bond motifs is 1. The van der Waals surface area contributed by atoms with Crippen LogP contribution >= 0.6 is 0 Å². The molecule has 3 heterocycles.